The minimum absolute atomic E-state index is 0.272. The zero-order valence-electron chi connectivity index (χ0n) is 15.5. The van der Waals surface area contributed by atoms with Crippen LogP contribution < -0.4 is 10.2 Å². The zero-order chi connectivity index (χ0) is 17.6. The van der Waals surface area contributed by atoms with E-state index in [-0.39, 0.29) is 5.91 Å². The van der Waals surface area contributed by atoms with E-state index in [1.165, 1.54) is 5.69 Å². The van der Waals surface area contributed by atoms with Gasteiger partial charge in [0.05, 0.1) is 12.2 Å². The summed E-state index contributed by atoms with van der Waals surface area (Å²) in [6, 6.07) is 10.9. The molecule has 0 spiro atoms. The van der Waals surface area contributed by atoms with E-state index >= 15 is 0 Å². The van der Waals surface area contributed by atoms with Crippen LogP contribution in [0.1, 0.15) is 33.1 Å². The van der Waals surface area contributed by atoms with Crippen molar-refractivity contribution in [3.8, 4) is 0 Å². The molecular weight excluding hydrogens is 314 g/mol. The first-order valence-electron chi connectivity index (χ1n) is 9.58. The van der Waals surface area contributed by atoms with Crippen molar-refractivity contribution in [3.63, 3.8) is 0 Å². The number of carbonyl (C=O) groups excluding carboxylic acids is 1. The molecule has 2 fully saturated rings. The summed E-state index contributed by atoms with van der Waals surface area (Å²) in [5.41, 5.74) is 1.25. The number of rotatable bonds is 5. The molecule has 1 amide bonds. The Balaban J connectivity index is 1.37. The maximum atomic E-state index is 12.5. The van der Waals surface area contributed by atoms with E-state index in [1.54, 1.807) is 0 Å². The van der Waals surface area contributed by atoms with E-state index in [1.807, 2.05) is 11.0 Å². The molecule has 0 aromatic heterocycles. The Kier molecular flexibility index (Phi) is 6.32. The Morgan fingerprint density at radius 3 is 2.36 bits per heavy atom. The highest BCUT2D eigenvalue weighted by molar-refractivity contribution is 5.76. The third-order valence-corrected chi connectivity index (χ3v) is 5.22. The minimum Gasteiger partial charge on any atom is -0.375 e. The summed E-state index contributed by atoms with van der Waals surface area (Å²) in [5, 5.41) is 3.55. The molecule has 0 radical (unpaired) electrons. The first-order valence-corrected chi connectivity index (χ1v) is 9.58. The van der Waals surface area contributed by atoms with E-state index in [0.29, 0.717) is 24.7 Å². The van der Waals surface area contributed by atoms with Crippen LogP contribution in [0.2, 0.25) is 0 Å². The average Bonchev–Trinajstić information content (AvgIpc) is 2.62. The van der Waals surface area contributed by atoms with Gasteiger partial charge in [-0.1, -0.05) is 18.2 Å². The van der Waals surface area contributed by atoms with Crippen LogP contribution in [0.4, 0.5) is 5.69 Å². The van der Waals surface area contributed by atoms with Crippen LogP contribution in [0.25, 0.3) is 0 Å². The van der Waals surface area contributed by atoms with E-state index in [4.69, 9.17) is 4.74 Å². The van der Waals surface area contributed by atoms with Gasteiger partial charge >= 0.3 is 0 Å². The normalized spacial score (nSPS) is 27.4. The van der Waals surface area contributed by atoms with Crippen molar-refractivity contribution >= 4 is 11.6 Å². The molecule has 0 bridgehead atoms. The van der Waals surface area contributed by atoms with Crippen LogP contribution in [0, 0.1) is 0 Å². The lowest BCUT2D eigenvalue weighted by Crippen LogP contribution is -2.49. The number of piperazine rings is 1. The standard InChI is InChI=1S/C20H31N3O2/c1-16-14-18(15-17(2)25-16)21-9-8-20(24)23-12-10-22(11-13-23)19-6-4-3-5-7-19/h3-7,16-18,21H,8-15H2,1-2H3/t16-,17-/m0/s1. The summed E-state index contributed by atoms with van der Waals surface area (Å²) in [5.74, 6) is 0.272. The SMILES string of the molecule is C[C@H]1CC(NCCC(=O)N2CCN(c3ccccc3)CC2)C[C@H](C)O1. The predicted octanol–water partition coefficient (Wildman–Crippen LogP) is 2.27. The van der Waals surface area contributed by atoms with Crippen molar-refractivity contribution in [1.29, 1.82) is 0 Å². The molecule has 25 heavy (non-hydrogen) atoms. The fraction of sp³-hybridized carbons (Fsp3) is 0.650. The Bertz CT molecular complexity index is 533. The Hall–Kier alpha value is -1.59. The second kappa shape index (κ2) is 8.68. The molecule has 2 aliphatic heterocycles. The van der Waals surface area contributed by atoms with Gasteiger partial charge in [0, 0.05) is 50.9 Å². The number of benzene rings is 1. The van der Waals surface area contributed by atoms with Gasteiger partial charge in [-0.2, -0.15) is 0 Å². The van der Waals surface area contributed by atoms with E-state index in [2.05, 4.69) is 48.3 Å². The summed E-state index contributed by atoms with van der Waals surface area (Å²) < 4.78 is 5.77. The van der Waals surface area contributed by atoms with Crippen LogP contribution in [0.15, 0.2) is 30.3 Å². The van der Waals surface area contributed by atoms with Crippen molar-refractivity contribution in [2.24, 2.45) is 0 Å². The summed E-state index contributed by atoms with van der Waals surface area (Å²) in [6.07, 6.45) is 3.28. The number of carbonyl (C=O) groups is 1. The summed E-state index contributed by atoms with van der Waals surface area (Å²) in [6.45, 7) is 8.49. The summed E-state index contributed by atoms with van der Waals surface area (Å²) in [4.78, 5) is 16.8. The third-order valence-electron chi connectivity index (χ3n) is 5.22. The summed E-state index contributed by atoms with van der Waals surface area (Å²) >= 11 is 0. The molecule has 5 heteroatoms. The highest BCUT2D eigenvalue weighted by Crippen LogP contribution is 2.19. The molecule has 0 unspecified atom stereocenters. The first kappa shape index (κ1) is 18.2. The van der Waals surface area contributed by atoms with Crippen LogP contribution in [-0.2, 0) is 9.53 Å². The molecule has 1 aromatic rings. The van der Waals surface area contributed by atoms with Gasteiger partial charge in [0.2, 0.25) is 5.91 Å². The molecule has 3 rings (SSSR count). The minimum atomic E-state index is 0.272. The number of para-hydroxylation sites is 1. The largest absolute Gasteiger partial charge is 0.375 e. The van der Waals surface area contributed by atoms with Crippen molar-refractivity contribution in [2.45, 2.75) is 51.4 Å². The van der Waals surface area contributed by atoms with E-state index < -0.39 is 0 Å². The molecule has 2 saturated heterocycles. The number of anilines is 1. The molecule has 1 aromatic carbocycles. The fourth-order valence-electron chi connectivity index (χ4n) is 3.97. The van der Waals surface area contributed by atoms with Crippen LogP contribution in [0.5, 0.6) is 0 Å². The molecule has 0 saturated carbocycles. The molecule has 0 aliphatic carbocycles. The lowest BCUT2D eigenvalue weighted by Gasteiger charge is -2.36. The number of amides is 1. The average molecular weight is 345 g/mol. The van der Waals surface area contributed by atoms with Crippen LogP contribution in [0.3, 0.4) is 0 Å². The number of ether oxygens (including phenoxy) is 1. The smallest absolute Gasteiger partial charge is 0.223 e. The van der Waals surface area contributed by atoms with Crippen molar-refractivity contribution < 1.29 is 9.53 Å². The predicted molar refractivity (Wildman–Crippen MR) is 101 cm³/mol. The van der Waals surface area contributed by atoms with Gasteiger partial charge in [-0.3, -0.25) is 4.79 Å². The van der Waals surface area contributed by atoms with Crippen LogP contribution >= 0.6 is 0 Å². The van der Waals surface area contributed by atoms with Crippen molar-refractivity contribution in [1.82, 2.24) is 10.2 Å². The van der Waals surface area contributed by atoms with Gasteiger partial charge in [-0.15, -0.1) is 0 Å². The molecular formula is C20H31N3O2. The van der Waals surface area contributed by atoms with Gasteiger partial charge < -0.3 is 19.9 Å². The number of nitrogens with zero attached hydrogens (tertiary/aromatic N) is 2. The molecule has 1 N–H and O–H groups in total. The maximum Gasteiger partial charge on any atom is 0.223 e. The molecule has 2 aliphatic rings. The fourth-order valence-corrected chi connectivity index (χ4v) is 3.97. The summed E-state index contributed by atoms with van der Waals surface area (Å²) in [7, 11) is 0. The lowest BCUT2D eigenvalue weighted by atomic mass is 10.00. The highest BCUT2D eigenvalue weighted by atomic mass is 16.5. The molecule has 5 nitrogen and oxygen atoms in total. The van der Waals surface area contributed by atoms with Gasteiger partial charge in [-0.05, 0) is 38.8 Å². The zero-order valence-corrected chi connectivity index (χ0v) is 15.5. The van der Waals surface area contributed by atoms with Gasteiger partial charge in [0.15, 0.2) is 0 Å². The number of hydrogen-bond donors (Lipinski definition) is 1. The van der Waals surface area contributed by atoms with E-state index in [0.717, 1.165) is 45.6 Å². The molecule has 138 valence electrons. The Labute approximate surface area is 151 Å². The topological polar surface area (TPSA) is 44.8 Å². The van der Waals surface area contributed by atoms with Crippen molar-refractivity contribution in [3.05, 3.63) is 30.3 Å². The van der Waals surface area contributed by atoms with Gasteiger partial charge in [0.1, 0.15) is 0 Å². The quantitative estimate of drug-likeness (QED) is 0.889. The second-order valence-electron chi connectivity index (χ2n) is 7.33. The van der Waals surface area contributed by atoms with Gasteiger partial charge in [0.25, 0.3) is 0 Å². The molecule has 2 heterocycles. The molecule has 2 atom stereocenters. The van der Waals surface area contributed by atoms with Crippen molar-refractivity contribution in [2.75, 3.05) is 37.6 Å². The monoisotopic (exact) mass is 345 g/mol. The maximum absolute atomic E-state index is 12.5. The number of hydrogen-bond acceptors (Lipinski definition) is 4. The lowest BCUT2D eigenvalue weighted by molar-refractivity contribution is -0.131. The van der Waals surface area contributed by atoms with E-state index in [9.17, 15) is 4.79 Å². The highest BCUT2D eigenvalue weighted by Gasteiger charge is 2.25. The third kappa shape index (κ3) is 5.19. The van der Waals surface area contributed by atoms with Crippen LogP contribution in [-0.4, -0.2) is 61.8 Å². The number of nitrogens with one attached hydrogen (secondary N) is 1. The Morgan fingerprint density at radius 1 is 1.08 bits per heavy atom. The first-order chi connectivity index (χ1) is 12.1. The Morgan fingerprint density at radius 2 is 1.72 bits per heavy atom. The van der Waals surface area contributed by atoms with Gasteiger partial charge in [-0.25, -0.2) is 0 Å². The second-order valence-corrected chi connectivity index (χ2v) is 7.33.